The Labute approximate surface area is 146 Å². The van der Waals surface area contributed by atoms with Gasteiger partial charge < -0.3 is 9.94 Å². The first kappa shape index (κ1) is 16.6. The Morgan fingerprint density at radius 2 is 1.83 bits per heavy atom. The summed E-state index contributed by atoms with van der Waals surface area (Å²) in [4.78, 5) is 5.49. The van der Waals surface area contributed by atoms with Crippen LogP contribution in [-0.4, -0.2) is 17.9 Å². The molecule has 4 aliphatic carbocycles. The number of aliphatic hydroxyl groups is 1. The van der Waals surface area contributed by atoms with Crippen LogP contribution in [0, 0.1) is 34.5 Å². The third-order valence-electron chi connectivity index (χ3n) is 8.74. The summed E-state index contributed by atoms with van der Waals surface area (Å²) in [6.45, 7) is 10.6. The number of rotatable bonds is 2. The zero-order chi connectivity index (χ0) is 17.1. The van der Waals surface area contributed by atoms with Crippen molar-refractivity contribution in [2.75, 3.05) is 0 Å². The number of nitrogens with zero attached hydrogens (tertiary/aromatic N) is 1. The summed E-state index contributed by atoms with van der Waals surface area (Å²) in [6, 6.07) is 0. The van der Waals surface area contributed by atoms with Crippen LogP contribution < -0.4 is 0 Å². The molecule has 24 heavy (non-hydrogen) atoms. The number of oxime groups is 1. The largest absolute Gasteiger partial charge is 0.393 e. The second-order valence-corrected chi connectivity index (χ2v) is 9.60. The predicted octanol–water partition coefficient (Wildman–Crippen LogP) is 4.91. The second-order valence-electron chi connectivity index (χ2n) is 9.60. The minimum absolute atomic E-state index is 0.0689. The molecule has 3 saturated carbocycles. The number of allylic oxidation sites excluding steroid dienone is 2. The van der Waals surface area contributed by atoms with E-state index in [1.54, 1.807) is 0 Å². The first-order valence-electron chi connectivity index (χ1n) is 9.90. The SMILES string of the molecule is C=NOC1=C(C)C[C@@]2(C)C(CCC3C2CC[C@@]2(C)C3CC[C@@H]2O)C1. The molecule has 0 radical (unpaired) electrons. The Kier molecular flexibility index (Phi) is 3.87. The van der Waals surface area contributed by atoms with Gasteiger partial charge in [-0.25, -0.2) is 0 Å². The van der Waals surface area contributed by atoms with Crippen molar-refractivity contribution in [2.45, 2.75) is 78.2 Å². The van der Waals surface area contributed by atoms with Crippen LogP contribution in [0.5, 0.6) is 0 Å². The third kappa shape index (κ3) is 2.16. The summed E-state index contributed by atoms with van der Waals surface area (Å²) >= 11 is 0. The van der Waals surface area contributed by atoms with E-state index in [0.717, 1.165) is 48.7 Å². The molecule has 7 atom stereocenters. The minimum Gasteiger partial charge on any atom is -0.393 e. The predicted molar refractivity (Wildman–Crippen MR) is 96.5 cm³/mol. The maximum atomic E-state index is 10.6. The van der Waals surface area contributed by atoms with Crippen LogP contribution >= 0.6 is 0 Å². The zero-order valence-corrected chi connectivity index (χ0v) is 15.6. The Balaban J connectivity index is 1.63. The van der Waals surface area contributed by atoms with E-state index in [1.807, 2.05) is 0 Å². The molecule has 0 bridgehead atoms. The molecule has 4 rings (SSSR count). The van der Waals surface area contributed by atoms with Gasteiger partial charge in [0.15, 0.2) is 0 Å². The van der Waals surface area contributed by atoms with Gasteiger partial charge in [-0.05, 0) is 91.9 Å². The molecule has 3 fully saturated rings. The van der Waals surface area contributed by atoms with Gasteiger partial charge in [-0.3, -0.25) is 0 Å². The number of hydrogen-bond acceptors (Lipinski definition) is 3. The summed E-state index contributed by atoms with van der Waals surface area (Å²) in [7, 11) is 0. The molecule has 0 aromatic heterocycles. The Morgan fingerprint density at radius 3 is 2.58 bits per heavy atom. The molecular formula is C21H33NO2. The molecule has 1 N–H and O–H groups in total. The van der Waals surface area contributed by atoms with Crippen molar-refractivity contribution in [2.24, 2.45) is 39.7 Å². The molecule has 4 unspecified atom stereocenters. The van der Waals surface area contributed by atoms with E-state index in [0.29, 0.717) is 5.41 Å². The van der Waals surface area contributed by atoms with E-state index < -0.39 is 0 Å². The summed E-state index contributed by atoms with van der Waals surface area (Å²) in [5, 5.41) is 14.2. The second kappa shape index (κ2) is 5.59. The zero-order valence-electron chi connectivity index (χ0n) is 15.6. The normalized spacial score (nSPS) is 50.8. The molecule has 0 spiro atoms. The van der Waals surface area contributed by atoms with Crippen LogP contribution in [-0.2, 0) is 4.84 Å². The van der Waals surface area contributed by atoms with E-state index in [2.05, 4.69) is 32.6 Å². The summed E-state index contributed by atoms with van der Waals surface area (Å²) in [6.07, 6.45) is 9.53. The average molecular weight is 332 g/mol. The van der Waals surface area contributed by atoms with Crippen molar-refractivity contribution in [3.8, 4) is 0 Å². The number of fused-ring (bicyclic) bond motifs is 5. The van der Waals surface area contributed by atoms with Gasteiger partial charge >= 0.3 is 0 Å². The highest BCUT2D eigenvalue weighted by Crippen LogP contribution is 2.66. The summed E-state index contributed by atoms with van der Waals surface area (Å²) in [5.41, 5.74) is 1.96. The van der Waals surface area contributed by atoms with E-state index in [-0.39, 0.29) is 11.5 Å². The van der Waals surface area contributed by atoms with Crippen molar-refractivity contribution in [3.05, 3.63) is 11.3 Å². The maximum absolute atomic E-state index is 10.6. The molecular weight excluding hydrogens is 298 g/mol. The smallest absolute Gasteiger partial charge is 0.134 e. The van der Waals surface area contributed by atoms with Crippen LogP contribution in [0.2, 0.25) is 0 Å². The van der Waals surface area contributed by atoms with E-state index in [1.165, 1.54) is 37.7 Å². The van der Waals surface area contributed by atoms with Gasteiger partial charge in [0.25, 0.3) is 0 Å². The topological polar surface area (TPSA) is 41.8 Å². The number of hydrogen-bond donors (Lipinski definition) is 1. The molecule has 0 amide bonds. The van der Waals surface area contributed by atoms with Gasteiger partial charge in [0.05, 0.1) is 6.10 Å². The van der Waals surface area contributed by atoms with Crippen molar-refractivity contribution in [3.63, 3.8) is 0 Å². The van der Waals surface area contributed by atoms with Gasteiger partial charge in [0.1, 0.15) is 5.76 Å². The highest BCUT2D eigenvalue weighted by molar-refractivity contribution is 5.23. The monoisotopic (exact) mass is 331 g/mol. The molecule has 0 aromatic carbocycles. The highest BCUT2D eigenvalue weighted by atomic mass is 16.6. The van der Waals surface area contributed by atoms with Crippen molar-refractivity contribution < 1.29 is 9.94 Å². The molecule has 3 nitrogen and oxygen atoms in total. The Bertz CT molecular complexity index is 570. The van der Waals surface area contributed by atoms with Crippen molar-refractivity contribution >= 4 is 6.72 Å². The molecule has 134 valence electrons. The first-order chi connectivity index (χ1) is 11.4. The molecule has 0 heterocycles. The van der Waals surface area contributed by atoms with Gasteiger partial charge in [-0.2, -0.15) is 0 Å². The fourth-order valence-corrected chi connectivity index (χ4v) is 7.38. The fourth-order valence-electron chi connectivity index (χ4n) is 7.38. The van der Waals surface area contributed by atoms with Crippen LogP contribution in [0.25, 0.3) is 0 Å². The van der Waals surface area contributed by atoms with Crippen molar-refractivity contribution in [1.29, 1.82) is 0 Å². The Morgan fingerprint density at radius 1 is 1.08 bits per heavy atom. The van der Waals surface area contributed by atoms with E-state index in [4.69, 9.17) is 4.84 Å². The fraction of sp³-hybridized carbons (Fsp3) is 0.857. The van der Waals surface area contributed by atoms with Crippen LogP contribution in [0.4, 0.5) is 0 Å². The lowest BCUT2D eigenvalue weighted by atomic mass is 9.45. The lowest BCUT2D eigenvalue weighted by Crippen LogP contribution is -2.53. The Hall–Kier alpha value is -0.830. The van der Waals surface area contributed by atoms with Gasteiger partial charge in [0, 0.05) is 13.1 Å². The highest BCUT2D eigenvalue weighted by Gasteiger charge is 2.60. The standard InChI is InChI=1S/C21H33NO2/c1-13-12-21(3)14(11-18(13)24-22-4)5-6-15-16-7-8-19(23)20(16,2)10-9-17(15)21/h14-17,19,23H,4-12H2,1-3H3/t14?,15?,16?,17?,19-,20-,21-/m0/s1. The molecule has 0 aliphatic heterocycles. The summed E-state index contributed by atoms with van der Waals surface area (Å²) < 4.78 is 0. The van der Waals surface area contributed by atoms with Crippen LogP contribution in [0.15, 0.2) is 16.5 Å². The maximum Gasteiger partial charge on any atom is 0.134 e. The third-order valence-corrected chi connectivity index (χ3v) is 8.74. The van der Waals surface area contributed by atoms with Gasteiger partial charge in [-0.15, -0.1) is 0 Å². The van der Waals surface area contributed by atoms with Crippen LogP contribution in [0.1, 0.15) is 72.1 Å². The van der Waals surface area contributed by atoms with Gasteiger partial charge in [0.2, 0.25) is 0 Å². The molecule has 3 heteroatoms. The van der Waals surface area contributed by atoms with E-state index in [9.17, 15) is 5.11 Å². The van der Waals surface area contributed by atoms with Gasteiger partial charge in [-0.1, -0.05) is 19.0 Å². The van der Waals surface area contributed by atoms with Crippen LogP contribution in [0.3, 0.4) is 0 Å². The van der Waals surface area contributed by atoms with Crippen molar-refractivity contribution in [1.82, 2.24) is 0 Å². The molecule has 0 saturated heterocycles. The molecule has 4 aliphatic rings. The first-order valence-corrected chi connectivity index (χ1v) is 9.90. The average Bonchev–Trinajstić information content (AvgIpc) is 2.84. The number of aliphatic hydroxyl groups excluding tert-OH is 1. The lowest BCUT2D eigenvalue weighted by molar-refractivity contribution is -0.113. The van der Waals surface area contributed by atoms with E-state index >= 15 is 0 Å². The minimum atomic E-state index is -0.0689. The molecule has 0 aromatic rings. The summed E-state index contributed by atoms with van der Waals surface area (Å²) in [5.74, 6) is 4.15. The lowest BCUT2D eigenvalue weighted by Gasteiger charge is -2.60. The quantitative estimate of drug-likeness (QED) is 0.577.